The maximum atomic E-state index is 12.8. The third kappa shape index (κ3) is 2.23. The minimum absolute atomic E-state index is 0.268. The van der Waals surface area contributed by atoms with Gasteiger partial charge in [0.15, 0.2) is 0 Å². The van der Waals surface area contributed by atoms with Crippen LogP contribution in [0.2, 0.25) is 5.02 Å². The summed E-state index contributed by atoms with van der Waals surface area (Å²) in [5, 5.41) is 0.624. The van der Waals surface area contributed by atoms with Gasteiger partial charge in [0.25, 0.3) is 0 Å². The monoisotopic (exact) mass is 235 g/mol. The van der Waals surface area contributed by atoms with E-state index in [1.165, 1.54) is 12.1 Å². The third-order valence-electron chi connectivity index (χ3n) is 2.47. The fourth-order valence-electron chi connectivity index (χ4n) is 1.58. The Morgan fingerprint density at radius 2 is 1.62 bits per heavy atom. The molecule has 3 heteroatoms. The van der Waals surface area contributed by atoms with Crippen molar-refractivity contribution in [1.82, 2.24) is 0 Å². The van der Waals surface area contributed by atoms with Crippen molar-refractivity contribution in [3.8, 4) is 0 Å². The van der Waals surface area contributed by atoms with Gasteiger partial charge in [-0.25, -0.2) is 4.39 Å². The standard InChI is InChI=1S/C13H11ClFN/c14-12-4-2-1-3-11(12)13(16)9-5-7-10(15)8-6-9/h1-8,13H,16H2/t13-/m0/s1. The van der Waals surface area contributed by atoms with Gasteiger partial charge >= 0.3 is 0 Å². The summed E-state index contributed by atoms with van der Waals surface area (Å²) < 4.78 is 12.8. The molecular weight excluding hydrogens is 225 g/mol. The fraction of sp³-hybridized carbons (Fsp3) is 0.0769. The number of hydrogen-bond acceptors (Lipinski definition) is 1. The average molecular weight is 236 g/mol. The van der Waals surface area contributed by atoms with Crippen molar-refractivity contribution in [2.45, 2.75) is 6.04 Å². The van der Waals surface area contributed by atoms with Crippen molar-refractivity contribution < 1.29 is 4.39 Å². The molecule has 0 spiro atoms. The zero-order valence-corrected chi connectivity index (χ0v) is 9.29. The lowest BCUT2D eigenvalue weighted by Gasteiger charge is -2.13. The molecule has 0 bridgehead atoms. The molecule has 2 aromatic carbocycles. The average Bonchev–Trinajstić information content (AvgIpc) is 2.30. The first kappa shape index (κ1) is 11.1. The molecule has 1 atom stereocenters. The van der Waals surface area contributed by atoms with Gasteiger partial charge in [0, 0.05) is 5.02 Å². The lowest BCUT2D eigenvalue weighted by atomic mass is 10.00. The first-order valence-corrected chi connectivity index (χ1v) is 5.32. The van der Waals surface area contributed by atoms with E-state index in [4.69, 9.17) is 17.3 Å². The second-order valence-electron chi connectivity index (χ2n) is 3.55. The van der Waals surface area contributed by atoms with E-state index in [1.807, 2.05) is 18.2 Å². The van der Waals surface area contributed by atoms with E-state index in [-0.39, 0.29) is 11.9 Å². The van der Waals surface area contributed by atoms with Gasteiger partial charge in [0.1, 0.15) is 5.82 Å². The number of hydrogen-bond donors (Lipinski definition) is 1. The molecule has 0 fully saturated rings. The summed E-state index contributed by atoms with van der Waals surface area (Å²) in [5.41, 5.74) is 7.75. The van der Waals surface area contributed by atoms with Crippen molar-refractivity contribution in [3.05, 3.63) is 70.5 Å². The van der Waals surface area contributed by atoms with Crippen molar-refractivity contribution in [2.24, 2.45) is 5.73 Å². The van der Waals surface area contributed by atoms with E-state index < -0.39 is 0 Å². The molecule has 0 aliphatic carbocycles. The molecule has 82 valence electrons. The minimum atomic E-state index is -0.325. The summed E-state index contributed by atoms with van der Waals surface area (Å²) in [4.78, 5) is 0. The summed E-state index contributed by atoms with van der Waals surface area (Å²) >= 11 is 6.05. The van der Waals surface area contributed by atoms with Gasteiger partial charge in [-0.15, -0.1) is 0 Å². The molecule has 0 radical (unpaired) electrons. The molecule has 0 heterocycles. The molecule has 0 aromatic heterocycles. The summed E-state index contributed by atoms with van der Waals surface area (Å²) in [7, 11) is 0. The highest BCUT2D eigenvalue weighted by molar-refractivity contribution is 6.31. The van der Waals surface area contributed by atoms with Crippen molar-refractivity contribution in [1.29, 1.82) is 0 Å². The maximum absolute atomic E-state index is 12.8. The van der Waals surface area contributed by atoms with Gasteiger partial charge in [-0.05, 0) is 29.3 Å². The zero-order valence-electron chi connectivity index (χ0n) is 8.53. The van der Waals surface area contributed by atoms with Crippen LogP contribution in [0.3, 0.4) is 0 Å². The molecule has 0 aliphatic heterocycles. The van der Waals surface area contributed by atoms with Gasteiger partial charge in [-0.1, -0.05) is 41.9 Å². The van der Waals surface area contributed by atoms with Crippen LogP contribution in [0.4, 0.5) is 4.39 Å². The number of rotatable bonds is 2. The first-order chi connectivity index (χ1) is 7.68. The van der Waals surface area contributed by atoms with Gasteiger partial charge in [0.2, 0.25) is 0 Å². The molecule has 16 heavy (non-hydrogen) atoms. The highest BCUT2D eigenvalue weighted by Gasteiger charge is 2.11. The van der Waals surface area contributed by atoms with Crippen LogP contribution in [0.5, 0.6) is 0 Å². The summed E-state index contributed by atoms with van der Waals surface area (Å²) in [6.07, 6.45) is 0. The van der Waals surface area contributed by atoms with Crippen LogP contribution < -0.4 is 5.73 Å². The maximum Gasteiger partial charge on any atom is 0.123 e. The van der Waals surface area contributed by atoms with Crippen molar-refractivity contribution in [3.63, 3.8) is 0 Å². The Hall–Kier alpha value is -1.38. The summed E-state index contributed by atoms with van der Waals surface area (Å²) in [6, 6.07) is 13.2. The van der Waals surface area contributed by atoms with Crippen LogP contribution >= 0.6 is 11.6 Å². The van der Waals surface area contributed by atoms with E-state index in [0.717, 1.165) is 11.1 Å². The fourth-order valence-corrected chi connectivity index (χ4v) is 1.83. The van der Waals surface area contributed by atoms with Gasteiger partial charge < -0.3 is 5.73 Å². The van der Waals surface area contributed by atoms with Crippen LogP contribution in [-0.4, -0.2) is 0 Å². The lowest BCUT2D eigenvalue weighted by molar-refractivity contribution is 0.626. The zero-order chi connectivity index (χ0) is 11.5. The van der Waals surface area contributed by atoms with Gasteiger partial charge in [0.05, 0.1) is 6.04 Å². The molecule has 0 saturated heterocycles. The highest BCUT2D eigenvalue weighted by atomic mass is 35.5. The molecule has 1 nitrogen and oxygen atoms in total. The molecule has 0 aliphatic rings. The Kier molecular flexibility index (Phi) is 3.22. The number of nitrogens with two attached hydrogens (primary N) is 1. The van der Waals surface area contributed by atoms with Crippen molar-refractivity contribution in [2.75, 3.05) is 0 Å². The van der Waals surface area contributed by atoms with Crippen LogP contribution in [0.25, 0.3) is 0 Å². The highest BCUT2D eigenvalue weighted by Crippen LogP contribution is 2.26. The van der Waals surface area contributed by atoms with Crippen LogP contribution in [0, 0.1) is 5.82 Å². The Balaban J connectivity index is 2.35. The largest absolute Gasteiger partial charge is 0.320 e. The van der Waals surface area contributed by atoms with E-state index in [1.54, 1.807) is 18.2 Å². The minimum Gasteiger partial charge on any atom is -0.320 e. The van der Waals surface area contributed by atoms with E-state index in [0.29, 0.717) is 5.02 Å². The molecular formula is C13H11ClFN. The summed E-state index contributed by atoms with van der Waals surface area (Å²) in [5.74, 6) is -0.268. The molecule has 2 rings (SSSR count). The number of halogens is 2. The summed E-state index contributed by atoms with van der Waals surface area (Å²) in [6.45, 7) is 0. The van der Waals surface area contributed by atoms with E-state index >= 15 is 0 Å². The topological polar surface area (TPSA) is 26.0 Å². The Bertz CT molecular complexity index is 482. The number of benzene rings is 2. The van der Waals surface area contributed by atoms with Crippen LogP contribution in [0.15, 0.2) is 48.5 Å². The quantitative estimate of drug-likeness (QED) is 0.847. The normalized spacial score (nSPS) is 12.4. The lowest BCUT2D eigenvalue weighted by Crippen LogP contribution is -2.12. The van der Waals surface area contributed by atoms with Crippen molar-refractivity contribution >= 4 is 11.6 Å². The first-order valence-electron chi connectivity index (χ1n) is 4.94. The Morgan fingerprint density at radius 1 is 1.00 bits per heavy atom. The Morgan fingerprint density at radius 3 is 2.25 bits per heavy atom. The SMILES string of the molecule is N[C@@H](c1ccc(F)cc1)c1ccccc1Cl. The van der Waals surface area contributed by atoms with E-state index in [2.05, 4.69) is 0 Å². The smallest absolute Gasteiger partial charge is 0.123 e. The molecule has 0 unspecified atom stereocenters. The van der Waals surface area contributed by atoms with E-state index in [9.17, 15) is 4.39 Å². The predicted molar refractivity (Wildman–Crippen MR) is 63.9 cm³/mol. The predicted octanol–water partition coefficient (Wildman–Crippen LogP) is 3.53. The van der Waals surface area contributed by atoms with Crippen LogP contribution in [-0.2, 0) is 0 Å². The van der Waals surface area contributed by atoms with Gasteiger partial charge in [-0.3, -0.25) is 0 Å². The second kappa shape index (κ2) is 4.64. The molecule has 0 amide bonds. The van der Waals surface area contributed by atoms with Gasteiger partial charge in [-0.2, -0.15) is 0 Å². The molecule has 0 saturated carbocycles. The molecule has 2 N–H and O–H groups in total. The van der Waals surface area contributed by atoms with Crippen LogP contribution in [0.1, 0.15) is 17.2 Å². The molecule has 2 aromatic rings. The second-order valence-corrected chi connectivity index (χ2v) is 3.96. The third-order valence-corrected chi connectivity index (χ3v) is 2.81. The Labute approximate surface area is 98.7 Å².